The highest BCUT2D eigenvalue weighted by atomic mass is 16.5. The molecule has 0 spiro atoms. The fraction of sp³-hybridized carbons (Fsp3) is 0.450. The van der Waals surface area contributed by atoms with E-state index in [0.717, 1.165) is 10.5 Å². The van der Waals surface area contributed by atoms with Gasteiger partial charge in [0.15, 0.2) is 6.10 Å². The van der Waals surface area contributed by atoms with Gasteiger partial charge in [-0.05, 0) is 40.2 Å². The molecule has 6 amide bonds. The van der Waals surface area contributed by atoms with E-state index in [9.17, 15) is 24.0 Å². The third kappa shape index (κ3) is 5.13. The maximum atomic E-state index is 12.8. The van der Waals surface area contributed by atoms with E-state index >= 15 is 0 Å². The summed E-state index contributed by atoms with van der Waals surface area (Å²) in [5.74, 6) is -2.40. The van der Waals surface area contributed by atoms with Crippen LogP contribution in [0.5, 0.6) is 0 Å². The molecule has 0 bridgehead atoms. The number of nitrogens with zero attached hydrogens (tertiary/aromatic N) is 1. The number of ether oxygens (including phenoxy) is 1. The van der Waals surface area contributed by atoms with E-state index in [2.05, 4.69) is 10.6 Å². The number of hydrogen-bond acceptors (Lipinski definition) is 6. The number of urea groups is 2. The van der Waals surface area contributed by atoms with Gasteiger partial charge in [0, 0.05) is 6.04 Å². The zero-order valence-corrected chi connectivity index (χ0v) is 17.6. The Morgan fingerprint density at radius 2 is 1.73 bits per heavy atom. The Morgan fingerprint density at radius 1 is 1.13 bits per heavy atom. The van der Waals surface area contributed by atoms with Crippen LogP contribution in [0.15, 0.2) is 24.3 Å². The van der Waals surface area contributed by atoms with Crippen molar-refractivity contribution in [2.24, 2.45) is 0 Å². The first-order valence-electron chi connectivity index (χ1n) is 9.46. The van der Waals surface area contributed by atoms with E-state index < -0.39 is 48.0 Å². The molecule has 1 fully saturated rings. The highest BCUT2D eigenvalue weighted by molar-refractivity contribution is 6.09. The first-order valence-corrected chi connectivity index (χ1v) is 9.46. The number of aryl methyl sites for hydroxylation is 1. The second kappa shape index (κ2) is 8.93. The van der Waals surface area contributed by atoms with E-state index in [1.165, 1.54) is 6.92 Å². The smallest absolute Gasteiger partial charge is 0.327 e. The van der Waals surface area contributed by atoms with Crippen LogP contribution >= 0.6 is 0 Å². The highest BCUT2D eigenvalue weighted by Gasteiger charge is 2.49. The molecule has 0 saturated carbocycles. The van der Waals surface area contributed by atoms with Crippen LogP contribution in [0, 0.1) is 6.92 Å². The van der Waals surface area contributed by atoms with Crippen LogP contribution < -0.4 is 16.0 Å². The van der Waals surface area contributed by atoms with E-state index in [-0.39, 0.29) is 6.04 Å². The zero-order chi connectivity index (χ0) is 22.6. The molecule has 2 atom stereocenters. The molecule has 0 unspecified atom stereocenters. The number of imide groups is 2. The van der Waals surface area contributed by atoms with Crippen molar-refractivity contribution in [3.05, 3.63) is 35.4 Å². The molecule has 1 aliphatic heterocycles. The Labute approximate surface area is 174 Å². The second-order valence-corrected chi connectivity index (χ2v) is 7.56. The minimum absolute atomic E-state index is 0.182. The van der Waals surface area contributed by atoms with E-state index in [1.807, 2.05) is 24.4 Å². The lowest BCUT2D eigenvalue weighted by Crippen LogP contribution is -2.47. The fourth-order valence-electron chi connectivity index (χ4n) is 2.85. The highest BCUT2D eigenvalue weighted by Crippen LogP contribution is 2.28. The predicted octanol–water partition coefficient (Wildman–Crippen LogP) is 0.928. The number of rotatable bonds is 6. The monoisotopic (exact) mass is 418 g/mol. The topological polar surface area (TPSA) is 134 Å². The molecule has 0 aliphatic carbocycles. The third-order valence-corrected chi connectivity index (χ3v) is 4.53. The van der Waals surface area contributed by atoms with Crippen molar-refractivity contribution in [3.63, 3.8) is 0 Å². The number of carbonyl (C=O) groups excluding carboxylic acids is 5. The summed E-state index contributed by atoms with van der Waals surface area (Å²) < 4.78 is 4.96. The van der Waals surface area contributed by atoms with Gasteiger partial charge in [0.25, 0.3) is 11.8 Å². The maximum Gasteiger partial charge on any atom is 0.327 e. The van der Waals surface area contributed by atoms with Crippen molar-refractivity contribution in [3.8, 4) is 0 Å². The normalized spacial score (nSPS) is 19.3. The van der Waals surface area contributed by atoms with Crippen molar-refractivity contribution in [2.75, 3.05) is 6.54 Å². The van der Waals surface area contributed by atoms with Gasteiger partial charge in [-0.15, -0.1) is 0 Å². The summed E-state index contributed by atoms with van der Waals surface area (Å²) in [6.45, 7) is 7.49. The first-order chi connectivity index (χ1) is 13.9. The SMILES string of the molecule is Cc1ccc([C@]2(C)NC(=O)N(CC(=O)O[C@H](C)C(=O)NC(=O)NC(C)C)C2=O)cc1. The van der Waals surface area contributed by atoms with Crippen LogP contribution in [-0.2, 0) is 24.7 Å². The van der Waals surface area contributed by atoms with Crippen molar-refractivity contribution < 1.29 is 28.7 Å². The largest absolute Gasteiger partial charge is 0.451 e. The van der Waals surface area contributed by atoms with Crippen LogP contribution in [0.3, 0.4) is 0 Å². The molecule has 2 rings (SSSR count). The van der Waals surface area contributed by atoms with Crippen molar-refractivity contribution >= 4 is 29.8 Å². The second-order valence-electron chi connectivity index (χ2n) is 7.56. The summed E-state index contributed by atoms with van der Waals surface area (Å²) in [5.41, 5.74) is 0.253. The maximum absolute atomic E-state index is 12.8. The van der Waals surface area contributed by atoms with Crippen molar-refractivity contribution in [1.82, 2.24) is 20.9 Å². The first kappa shape index (κ1) is 22.9. The average Bonchev–Trinajstić information content (AvgIpc) is 2.85. The minimum atomic E-state index is -1.32. The number of carbonyl (C=O) groups is 5. The van der Waals surface area contributed by atoms with Gasteiger partial charge >= 0.3 is 18.0 Å². The Balaban J connectivity index is 1.98. The number of esters is 1. The molecule has 1 aromatic carbocycles. The lowest BCUT2D eigenvalue weighted by atomic mass is 9.91. The van der Waals surface area contributed by atoms with E-state index in [1.54, 1.807) is 32.9 Å². The van der Waals surface area contributed by atoms with Gasteiger partial charge in [0.05, 0.1) is 0 Å². The van der Waals surface area contributed by atoms with Crippen LogP contribution in [-0.4, -0.2) is 53.4 Å². The molecule has 0 radical (unpaired) electrons. The fourth-order valence-corrected chi connectivity index (χ4v) is 2.85. The zero-order valence-electron chi connectivity index (χ0n) is 17.6. The molecule has 1 saturated heterocycles. The molecule has 0 aromatic heterocycles. The van der Waals surface area contributed by atoms with Crippen LogP contribution in [0.25, 0.3) is 0 Å². The minimum Gasteiger partial charge on any atom is -0.451 e. The number of amides is 6. The van der Waals surface area contributed by atoms with Gasteiger partial charge in [0.2, 0.25) is 0 Å². The number of benzene rings is 1. The van der Waals surface area contributed by atoms with Gasteiger partial charge in [0.1, 0.15) is 12.1 Å². The molecule has 1 heterocycles. The van der Waals surface area contributed by atoms with E-state index in [0.29, 0.717) is 5.56 Å². The average molecular weight is 418 g/mol. The Morgan fingerprint density at radius 3 is 2.30 bits per heavy atom. The summed E-state index contributed by atoms with van der Waals surface area (Å²) in [7, 11) is 0. The summed E-state index contributed by atoms with van der Waals surface area (Å²) in [6.07, 6.45) is -1.29. The van der Waals surface area contributed by atoms with Gasteiger partial charge < -0.3 is 15.4 Å². The van der Waals surface area contributed by atoms with E-state index in [4.69, 9.17) is 4.74 Å². The third-order valence-electron chi connectivity index (χ3n) is 4.53. The number of hydrogen-bond donors (Lipinski definition) is 3. The predicted molar refractivity (Wildman–Crippen MR) is 106 cm³/mol. The summed E-state index contributed by atoms with van der Waals surface area (Å²) in [5, 5.41) is 7.09. The molecule has 162 valence electrons. The standard InChI is InChI=1S/C20H26N4O6/c1-11(2)21-18(28)22-16(26)13(4)30-15(25)10-24-17(27)20(5,23-19(24)29)14-8-6-12(3)7-9-14/h6-9,11,13H,10H2,1-5H3,(H,23,29)(H2,21,22,26,28)/t13-,20+/m1/s1. The molecule has 10 heteroatoms. The number of nitrogens with one attached hydrogen (secondary N) is 3. The summed E-state index contributed by atoms with van der Waals surface area (Å²) >= 11 is 0. The Kier molecular flexibility index (Phi) is 6.81. The van der Waals surface area contributed by atoms with Gasteiger partial charge in [-0.2, -0.15) is 0 Å². The molecule has 30 heavy (non-hydrogen) atoms. The van der Waals surface area contributed by atoms with Gasteiger partial charge in [-0.1, -0.05) is 29.8 Å². The lowest BCUT2D eigenvalue weighted by molar-refractivity contribution is -0.156. The van der Waals surface area contributed by atoms with Crippen LogP contribution in [0.1, 0.15) is 38.8 Å². The molecular formula is C20H26N4O6. The molecular weight excluding hydrogens is 392 g/mol. The van der Waals surface area contributed by atoms with Gasteiger partial charge in [-0.3, -0.25) is 24.6 Å². The Hall–Kier alpha value is -3.43. The lowest BCUT2D eigenvalue weighted by Gasteiger charge is -2.22. The summed E-state index contributed by atoms with van der Waals surface area (Å²) in [6, 6.07) is 5.43. The van der Waals surface area contributed by atoms with Crippen molar-refractivity contribution in [1.29, 1.82) is 0 Å². The Bertz CT molecular complexity index is 867. The van der Waals surface area contributed by atoms with Crippen LogP contribution in [0.2, 0.25) is 0 Å². The van der Waals surface area contributed by atoms with Crippen LogP contribution in [0.4, 0.5) is 9.59 Å². The molecule has 1 aromatic rings. The van der Waals surface area contributed by atoms with Gasteiger partial charge in [-0.25, -0.2) is 9.59 Å². The molecule has 10 nitrogen and oxygen atoms in total. The molecule has 3 N–H and O–H groups in total. The quantitative estimate of drug-likeness (QED) is 0.465. The van der Waals surface area contributed by atoms with Crippen molar-refractivity contribution in [2.45, 2.75) is 52.3 Å². The summed E-state index contributed by atoms with van der Waals surface area (Å²) in [4.78, 5) is 61.5. The molecule has 1 aliphatic rings.